The SMILES string of the molecule is Cc1c(O)cc(Br)cc1[N+](=O)[O-]. The molecule has 0 amide bonds. The van der Waals surface area contributed by atoms with Gasteiger partial charge in [-0.2, -0.15) is 0 Å². The van der Waals surface area contributed by atoms with Crippen molar-refractivity contribution in [1.29, 1.82) is 0 Å². The van der Waals surface area contributed by atoms with Crippen LogP contribution in [0.1, 0.15) is 5.56 Å². The van der Waals surface area contributed by atoms with Crippen LogP contribution in [0, 0.1) is 17.0 Å². The van der Waals surface area contributed by atoms with Gasteiger partial charge in [0.1, 0.15) is 5.75 Å². The second kappa shape index (κ2) is 3.10. The van der Waals surface area contributed by atoms with Gasteiger partial charge in [0.2, 0.25) is 0 Å². The Labute approximate surface area is 77.1 Å². The van der Waals surface area contributed by atoms with Gasteiger partial charge in [0, 0.05) is 10.5 Å². The second-order valence-electron chi connectivity index (χ2n) is 2.33. The summed E-state index contributed by atoms with van der Waals surface area (Å²) in [5.74, 6) is -0.0731. The zero-order valence-electron chi connectivity index (χ0n) is 6.24. The highest BCUT2D eigenvalue weighted by molar-refractivity contribution is 9.10. The van der Waals surface area contributed by atoms with E-state index in [1.807, 2.05) is 0 Å². The highest BCUT2D eigenvalue weighted by Crippen LogP contribution is 2.30. The van der Waals surface area contributed by atoms with Crippen LogP contribution in [0.25, 0.3) is 0 Å². The summed E-state index contributed by atoms with van der Waals surface area (Å²) in [6.45, 7) is 1.50. The molecule has 0 saturated heterocycles. The van der Waals surface area contributed by atoms with E-state index in [1.54, 1.807) is 0 Å². The molecule has 1 aromatic rings. The highest BCUT2D eigenvalue weighted by Gasteiger charge is 2.14. The quantitative estimate of drug-likeness (QED) is 0.597. The molecule has 0 radical (unpaired) electrons. The lowest BCUT2D eigenvalue weighted by Gasteiger charge is -2.00. The Morgan fingerprint density at radius 1 is 1.58 bits per heavy atom. The minimum Gasteiger partial charge on any atom is -0.507 e. The van der Waals surface area contributed by atoms with Crippen molar-refractivity contribution in [3.63, 3.8) is 0 Å². The fourth-order valence-corrected chi connectivity index (χ4v) is 1.27. The Morgan fingerprint density at radius 3 is 2.67 bits per heavy atom. The van der Waals surface area contributed by atoms with E-state index in [9.17, 15) is 15.2 Å². The first kappa shape index (κ1) is 8.99. The third kappa shape index (κ3) is 1.55. The molecule has 0 saturated carbocycles. The van der Waals surface area contributed by atoms with Gasteiger partial charge in [-0.05, 0) is 13.0 Å². The topological polar surface area (TPSA) is 63.4 Å². The number of hydrogen-bond donors (Lipinski definition) is 1. The standard InChI is InChI=1S/C7H6BrNO3/c1-4-6(9(11)12)2-5(8)3-7(4)10/h2-3,10H,1H3. The summed E-state index contributed by atoms with van der Waals surface area (Å²) in [6, 6.07) is 2.78. The van der Waals surface area contributed by atoms with Crippen LogP contribution in [0.5, 0.6) is 5.75 Å². The van der Waals surface area contributed by atoms with Gasteiger partial charge >= 0.3 is 0 Å². The van der Waals surface area contributed by atoms with E-state index in [1.165, 1.54) is 19.1 Å². The summed E-state index contributed by atoms with van der Waals surface area (Å²) < 4.78 is 0.498. The van der Waals surface area contributed by atoms with E-state index in [2.05, 4.69) is 15.9 Å². The summed E-state index contributed by atoms with van der Waals surface area (Å²) >= 11 is 3.05. The molecule has 5 heteroatoms. The number of hydrogen-bond acceptors (Lipinski definition) is 3. The smallest absolute Gasteiger partial charge is 0.277 e. The lowest BCUT2D eigenvalue weighted by atomic mass is 10.2. The summed E-state index contributed by atoms with van der Waals surface area (Å²) in [6.07, 6.45) is 0. The summed E-state index contributed by atoms with van der Waals surface area (Å²) in [7, 11) is 0. The van der Waals surface area contributed by atoms with E-state index >= 15 is 0 Å². The number of rotatable bonds is 1. The van der Waals surface area contributed by atoms with Crippen LogP contribution in [0.3, 0.4) is 0 Å². The molecule has 0 spiro atoms. The minimum absolute atomic E-state index is 0.0731. The van der Waals surface area contributed by atoms with Gasteiger partial charge in [0.15, 0.2) is 0 Å². The maximum atomic E-state index is 10.4. The molecule has 4 nitrogen and oxygen atoms in total. The van der Waals surface area contributed by atoms with Crippen molar-refractivity contribution in [3.8, 4) is 5.75 Å². The van der Waals surface area contributed by atoms with Gasteiger partial charge in [-0.15, -0.1) is 0 Å². The monoisotopic (exact) mass is 231 g/mol. The van der Waals surface area contributed by atoms with Gasteiger partial charge in [0.05, 0.1) is 10.5 Å². The number of phenols is 1. The Bertz CT molecular complexity index is 338. The van der Waals surface area contributed by atoms with Gasteiger partial charge in [-0.1, -0.05) is 15.9 Å². The van der Waals surface area contributed by atoms with Crippen molar-refractivity contribution in [2.24, 2.45) is 0 Å². The molecular formula is C7H6BrNO3. The predicted molar refractivity (Wildman–Crippen MR) is 47.2 cm³/mol. The summed E-state index contributed by atoms with van der Waals surface area (Å²) in [5, 5.41) is 19.6. The Balaban J connectivity index is 3.37. The fourth-order valence-electron chi connectivity index (χ4n) is 0.840. The van der Waals surface area contributed by atoms with Gasteiger partial charge in [-0.3, -0.25) is 10.1 Å². The molecule has 1 aromatic carbocycles. The van der Waals surface area contributed by atoms with E-state index in [0.717, 1.165) is 0 Å². The molecule has 0 bridgehead atoms. The molecular weight excluding hydrogens is 226 g/mol. The molecule has 0 fully saturated rings. The molecule has 0 aromatic heterocycles. The molecule has 64 valence electrons. The van der Waals surface area contributed by atoms with Crippen LogP contribution in [0.4, 0.5) is 5.69 Å². The van der Waals surface area contributed by atoms with Crippen LogP contribution < -0.4 is 0 Å². The van der Waals surface area contributed by atoms with E-state index in [-0.39, 0.29) is 17.0 Å². The molecule has 0 unspecified atom stereocenters. The highest BCUT2D eigenvalue weighted by atomic mass is 79.9. The van der Waals surface area contributed by atoms with Crippen molar-refractivity contribution >= 4 is 21.6 Å². The molecule has 0 heterocycles. The maximum Gasteiger partial charge on any atom is 0.277 e. The molecule has 1 rings (SSSR count). The first-order chi connectivity index (χ1) is 5.52. The van der Waals surface area contributed by atoms with E-state index in [0.29, 0.717) is 4.47 Å². The summed E-state index contributed by atoms with van der Waals surface area (Å²) in [5.41, 5.74) is 0.199. The van der Waals surface area contributed by atoms with Crippen LogP contribution in [0.15, 0.2) is 16.6 Å². The van der Waals surface area contributed by atoms with Gasteiger partial charge in [-0.25, -0.2) is 0 Å². The first-order valence-corrected chi connectivity index (χ1v) is 3.95. The zero-order valence-corrected chi connectivity index (χ0v) is 7.83. The van der Waals surface area contributed by atoms with Crippen LogP contribution in [0.2, 0.25) is 0 Å². The Hall–Kier alpha value is -1.10. The molecule has 0 atom stereocenters. The zero-order chi connectivity index (χ0) is 9.30. The first-order valence-electron chi connectivity index (χ1n) is 3.16. The number of nitrogens with zero attached hydrogens (tertiary/aromatic N) is 1. The van der Waals surface area contributed by atoms with Crippen molar-refractivity contribution < 1.29 is 10.0 Å². The van der Waals surface area contributed by atoms with Gasteiger partial charge in [0.25, 0.3) is 5.69 Å². The average molecular weight is 232 g/mol. The van der Waals surface area contributed by atoms with Crippen LogP contribution in [-0.2, 0) is 0 Å². The lowest BCUT2D eigenvalue weighted by Crippen LogP contribution is -1.91. The number of halogens is 1. The third-order valence-corrected chi connectivity index (χ3v) is 1.97. The molecule has 0 aliphatic carbocycles. The summed E-state index contributed by atoms with van der Waals surface area (Å²) in [4.78, 5) is 9.87. The fraction of sp³-hybridized carbons (Fsp3) is 0.143. The van der Waals surface area contributed by atoms with Crippen molar-refractivity contribution in [3.05, 3.63) is 32.3 Å². The predicted octanol–water partition coefficient (Wildman–Crippen LogP) is 2.37. The third-order valence-electron chi connectivity index (χ3n) is 1.51. The largest absolute Gasteiger partial charge is 0.507 e. The van der Waals surface area contributed by atoms with Crippen molar-refractivity contribution in [2.45, 2.75) is 6.92 Å². The molecule has 0 aliphatic rings. The maximum absolute atomic E-state index is 10.4. The molecule has 0 aliphatic heterocycles. The van der Waals surface area contributed by atoms with Crippen LogP contribution >= 0.6 is 15.9 Å². The van der Waals surface area contributed by atoms with Crippen molar-refractivity contribution in [2.75, 3.05) is 0 Å². The second-order valence-corrected chi connectivity index (χ2v) is 3.24. The number of nitro groups is 1. The van der Waals surface area contributed by atoms with Crippen LogP contribution in [-0.4, -0.2) is 10.0 Å². The molecule has 1 N–H and O–H groups in total. The average Bonchev–Trinajstić information content (AvgIpc) is 1.96. The van der Waals surface area contributed by atoms with E-state index < -0.39 is 4.92 Å². The Morgan fingerprint density at radius 2 is 2.17 bits per heavy atom. The molecule has 12 heavy (non-hydrogen) atoms. The minimum atomic E-state index is -0.528. The van der Waals surface area contributed by atoms with E-state index in [4.69, 9.17) is 0 Å². The number of nitro benzene ring substituents is 1. The normalized spacial score (nSPS) is 9.83. The van der Waals surface area contributed by atoms with Crippen molar-refractivity contribution in [1.82, 2.24) is 0 Å². The number of benzene rings is 1. The Kier molecular flexibility index (Phi) is 2.32. The lowest BCUT2D eigenvalue weighted by molar-refractivity contribution is -0.385. The number of phenolic OH excluding ortho intramolecular Hbond substituents is 1. The number of aromatic hydroxyl groups is 1. The van der Waals surface area contributed by atoms with Gasteiger partial charge < -0.3 is 5.11 Å².